The first kappa shape index (κ1) is 14.5. The third-order valence-corrected chi connectivity index (χ3v) is 3.34. The van der Waals surface area contributed by atoms with Crippen molar-refractivity contribution in [2.75, 3.05) is 12.4 Å². The first-order valence-electron chi connectivity index (χ1n) is 6.46. The van der Waals surface area contributed by atoms with Crippen LogP contribution in [0.2, 0.25) is 5.02 Å². The largest absolute Gasteiger partial charge is 0.508 e. The van der Waals surface area contributed by atoms with Crippen LogP contribution in [0.4, 0.5) is 5.69 Å². The fourth-order valence-electron chi connectivity index (χ4n) is 2.08. The number of anilines is 1. The summed E-state index contributed by atoms with van der Waals surface area (Å²) in [5.74, 6) is 0.958. The summed E-state index contributed by atoms with van der Waals surface area (Å²) in [5.41, 5.74) is 2.13. The van der Waals surface area contributed by atoms with E-state index in [2.05, 4.69) is 12.2 Å². The van der Waals surface area contributed by atoms with Gasteiger partial charge in [-0.3, -0.25) is 0 Å². The maximum absolute atomic E-state index is 9.26. The van der Waals surface area contributed by atoms with Crippen LogP contribution < -0.4 is 10.1 Å². The van der Waals surface area contributed by atoms with E-state index in [0.717, 1.165) is 12.1 Å². The Kier molecular flexibility index (Phi) is 4.74. The Morgan fingerprint density at radius 2 is 1.90 bits per heavy atom. The van der Waals surface area contributed by atoms with Gasteiger partial charge in [0.1, 0.15) is 11.5 Å². The van der Waals surface area contributed by atoms with Gasteiger partial charge in [-0.2, -0.15) is 0 Å². The molecule has 0 saturated heterocycles. The number of hydrogen-bond donors (Lipinski definition) is 2. The molecule has 2 N–H and O–H groups in total. The van der Waals surface area contributed by atoms with Crippen LogP contribution in [0, 0.1) is 0 Å². The van der Waals surface area contributed by atoms with Crippen LogP contribution in [-0.2, 0) is 6.42 Å². The lowest BCUT2D eigenvalue weighted by molar-refractivity contribution is 0.415. The predicted molar refractivity (Wildman–Crippen MR) is 82.9 cm³/mol. The third kappa shape index (κ3) is 3.81. The Morgan fingerprint density at radius 3 is 2.50 bits per heavy atom. The van der Waals surface area contributed by atoms with E-state index in [4.69, 9.17) is 16.3 Å². The van der Waals surface area contributed by atoms with E-state index in [0.29, 0.717) is 10.8 Å². The van der Waals surface area contributed by atoms with E-state index in [1.807, 2.05) is 30.3 Å². The number of benzene rings is 2. The summed E-state index contributed by atoms with van der Waals surface area (Å²) in [4.78, 5) is 0. The summed E-state index contributed by atoms with van der Waals surface area (Å²) in [5, 5.41) is 13.3. The molecule has 0 fully saturated rings. The Hall–Kier alpha value is -1.87. The highest BCUT2D eigenvalue weighted by atomic mass is 35.5. The predicted octanol–water partition coefficient (Wildman–Crippen LogP) is 4.10. The van der Waals surface area contributed by atoms with E-state index in [9.17, 15) is 5.11 Å². The highest BCUT2D eigenvalue weighted by Gasteiger charge is 2.06. The van der Waals surface area contributed by atoms with Gasteiger partial charge in [0.2, 0.25) is 0 Å². The molecule has 0 aliphatic rings. The number of phenolic OH excluding ortho intramolecular Hbond substituents is 1. The van der Waals surface area contributed by atoms with Gasteiger partial charge < -0.3 is 15.2 Å². The standard InChI is InChI=1S/C16H18ClNO2/c1-11(9-12-3-6-14(19)7-4-12)18-13-5-8-16(20-2)15(17)10-13/h3-8,10-11,18-19H,9H2,1-2H3. The smallest absolute Gasteiger partial charge is 0.137 e. The normalized spacial score (nSPS) is 11.9. The Bertz CT molecular complexity index is 569. The lowest BCUT2D eigenvalue weighted by atomic mass is 10.1. The number of rotatable bonds is 5. The van der Waals surface area contributed by atoms with Gasteiger partial charge >= 0.3 is 0 Å². The molecule has 0 bridgehead atoms. The number of methoxy groups -OCH3 is 1. The van der Waals surface area contributed by atoms with Gasteiger partial charge in [-0.15, -0.1) is 0 Å². The molecule has 0 saturated carbocycles. The quantitative estimate of drug-likeness (QED) is 0.871. The molecular weight excluding hydrogens is 274 g/mol. The number of halogens is 1. The first-order chi connectivity index (χ1) is 9.58. The molecule has 0 spiro atoms. The zero-order chi connectivity index (χ0) is 14.5. The second-order valence-electron chi connectivity index (χ2n) is 4.77. The number of hydrogen-bond acceptors (Lipinski definition) is 3. The summed E-state index contributed by atoms with van der Waals surface area (Å²) in [7, 11) is 1.60. The van der Waals surface area contributed by atoms with E-state index in [1.54, 1.807) is 19.2 Å². The number of aromatic hydroxyl groups is 1. The average molecular weight is 292 g/mol. The van der Waals surface area contributed by atoms with Crippen molar-refractivity contribution in [1.29, 1.82) is 0 Å². The molecule has 0 heterocycles. The molecule has 2 aromatic carbocycles. The zero-order valence-electron chi connectivity index (χ0n) is 11.6. The average Bonchev–Trinajstić information content (AvgIpc) is 2.41. The van der Waals surface area contributed by atoms with Gasteiger partial charge in [0.25, 0.3) is 0 Å². The Morgan fingerprint density at radius 1 is 1.20 bits per heavy atom. The molecule has 0 aliphatic carbocycles. The van der Waals surface area contributed by atoms with Gasteiger partial charge in [-0.25, -0.2) is 0 Å². The minimum absolute atomic E-state index is 0.254. The van der Waals surface area contributed by atoms with Crippen LogP contribution in [0.15, 0.2) is 42.5 Å². The summed E-state index contributed by atoms with van der Waals surface area (Å²) in [6.45, 7) is 2.10. The maximum Gasteiger partial charge on any atom is 0.137 e. The van der Waals surface area contributed by atoms with Crippen molar-refractivity contribution in [2.45, 2.75) is 19.4 Å². The lowest BCUT2D eigenvalue weighted by Crippen LogP contribution is -2.17. The number of ether oxygens (including phenoxy) is 1. The van der Waals surface area contributed by atoms with Gasteiger partial charge in [-0.05, 0) is 49.2 Å². The zero-order valence-corrected chi connectivity index (χ0v) is 12.3. The summed E-state index contributed by atoms with van der Waals surface area (Å²) < 4.78 is 5.13. The molecule has 106 valence electrons. The maximum atomic E-state index is 9.26. The molecule has 3 nitrogen and oxygen atoms in total. The minimum atomic E-state index is 0.254. The molecule has 0 aliphatic heterocycles. The molecular formula is C16H18ClNO2. The highest BCUT2D eigenvalue weighted by molar-refractivity contribution is 6.32. The van der Waals surface area contributed by atoms with E-state index in [-0.39, 0.29) is 11.8 Å². The molecule has 20 heavy (non-hydrogen) atoms. The molecule has 2 rings (SSSR count). The fraction of sp³-hybridized carbons (Fsp3) is 0.250. The summed E-state index contributed by atoms with van der Waals surface area (Å²) in [6, 6.07) is 13.1. The van der Waals surface area contributed by atoms with Crippen molar-refractivity contribution in [2.24, 2.45) is 0 Å². The van der Waals surface area contributed by atoms with Crippen molar-refractivity contribution >= 4 is 17.3 Å². The van der Waals surface area contributed by atoms with Gasteiger partial charge in [0.15, 0.2) is 0 Å². The van der Waals surface area contributed by atoms with Crippen LogP contribution in [0.1, 0.15) is 12.5 Å². The van der Waals surface area contributed by atoms with Gasteiger partial charge in [0, 0.05) is 11.7 Å². The van der Waals surface area contributed by atoms with E-state index in [1.165, 1.54) is 5.56 Å². The van der Waals surface area contributed by atoms with Crippen LogP contribution in [0.5, 0.6) is 11.5 Å². The summed E-state index contributed by atoms with van der Waals surface area (Å²) in [6.07, 6.45) is 0.865. The molecule has 1 unspecified atom stereocenters. The monoisotopic (exact) mass is 291 g/mol. The molecule has 0 aromatic heterocycles. The van der Waals surface area contributed by atoms with Crippen LogP contribution in [0.3, 0.4) is 0 Å². The Labute approximate surface area is 124 Å². The van der Waals surface area contributed by atoms with E-state index >= 15 is 0 Å². The van der Waals surface area contributed by atoms with Crippen LogP contribution >= 0.6 is 11.6 Å². The van der Waals surface area contributed by atoms with Gasteiger partial charge in [0.05, 0.1) is 12.1 Å². The molecule has 0 radical (unpaired) electrons. The SMILES string of the molecule is COc1ccc(NC(C)Cc2ccc(O)cc2)cc1Cl. The molecule has 2 aromatic rings. The highest BCUT2D eigenvalue weighted by Crippen LogP contribution is 2.27. The third-order valence-electron chi connectivity index (χ3n) is 3.04. The van der Waals surface area contributed by atoms with Crippen LogP contribution in [0.25, 0.3) is 0 Å². The summed E-state index contributed by atoms with van der Waals surface area (Å²) >= 11 is 6.10. The first-order valence-corrected chi connectivity index (χ1v) is 6.84. The topological polar surface area (TPSA) is 41.5 Å². The molecule has 1 atom stereocenters. The van der Waals surface area contributed by atoms with Crippen molar-refractivity contribution in [1.82, 2.24) is 0 Å². The fourth-order valence-corrected chi connectivity index (χ4v) is 2.33. The van der Waals surface area contributed by atoms with Crippen LogP contribution in [-0.4, -0.2) is 18.3 Å². The minimum Gasteiger partial charge on any atom is -0.508 e. The van der Waals surface area contributed by atoms with Gasteiger partial charge in [-0.1, -0.05) is 23.7 Å². The van der Waals surface area contributed by atoms with Crippen molar-refractivity contribution in [3.05, 3.63) is 53.1 Å². The second-order valence-corrected chi connectivity index (χ2v) is 5.17. The Balaban J connectivity index is 1.99. The molecule has 0 amide bonds. The number of phenols is 1. The second kappa shape index (κ2) is 6.53. The number of nitrogens with one attached hydrogen (secondary N) is 1. The molecule has 4 heteroatoms. The van der Waals surface area contributed by atoms with Crippen molar-refractivity contribution in [3.8, 4) is 11.5 Å². The lowest BCUT2D eigenvalue weighted by Gasteiger charge is -2.16. The van der Waals surface area contributed by atoms with Crippen molar-refractivity contribution in [3.63, 3.8) is 0 Å². The van der Waals surface area contributed by atoms with E-state index < -0.39 is 0 Å². The van der Waals surface area contributed by atoms with Crippen molar-refractivity contribution < 1.29 is 9.84 Å².